The van der Waals surface area contributed by atoms with Gasteiger partial charge in [-0.15, -0.1) is 46.7 Å². The van der Waals surface area contributed by atoms with Crippen LogP contribution in [0, 0.1) is 0 Å². The summed E-state index contributed by atoms with van der Waals surface area (Å²) in [4.78, 5) is 0. The SMILES string of the molecule is CSCCl.CSCCl. The topological polar surface area (TPSA) is 0 Å². The van der Waals surface area contributed by atoms with Crippen molar-refractivity contribution in [2.24, 2.45) is 0 Å². The van der Waals surface area contributed by atoms with E-state index in [0.717, 1.165) is 0 Å². The van der Waals surface area contributed by atoms with Crippen LogP contribution in [-0.4, -0.2) is 22.9 Å². The third-order valence-corrected chi connectivity index (χ3v) is 1.96. The molecule has 52 valence electrons. The highest BCUT2D eigenvalue weighted by molar-refractivity contribution is 7.99. The van der Waals surface area contributed by atoms with Crippen molar-refractivity contribution in [3.8, 4) is 0 Å². The van der Waals surface area contributed by atoms with Crippen LogP contribution in [0.3, 0.4) is 0 Å². The number of rotatable bonds is 2. The van der Waals surface area contributed by atoms with Gasteiger partial charge < -0.3 is 0 Å². The first-order valence-corrected chi connectivity index (χ1v) is 5.79. The van der Waals surface area contributed by atoms with Gasteiger partial charge in [0.2, 0.25) is 0 Å². The van der Waals surface area contributed by atoms with Crippen LogP contribution in [0.2, 0.25) is 0 Å². The average Bonchev–Trinajstić information content (AvgIpc) is 1.88. The minimum Gasteiger partial charge on any atom is -0.149 e. The molecule has 0 heterocycles. The highest BCUT2D eigenvalue weighted by Crippen LogP contribution is 1.91. The Morgan fingerprint density at radius 2 is 1.12 bits per heavy atom. The van der Waals surface area contributed by atoms with Gasteiger partial charge >= 0.3 is 0 Å². The molecule has 0 fully saturated rings. The van der Waals surface area contributed by atoms with Gasteiger partial charge in [0.1, 0.15) is 0 Å². The van der Waals surface area contributed by atoms with Crippen LogP contribution < -0.4 is 0 Å². The van der Waals surface area contributed by atoms with Crippen LogP contribution >= 0.6 is 46.7 Å². The molecule has 0 aliphatic carbocycles. The summed E-state index contributed by atoms with van der Waals surface area (Å²) in [5.41, 5.74) is 0. The van der Waals surface area contributed by atoms with Gasteiger partial charge in [0, 0.05) is 0 Å². The van der Waals surface area contributed by atoms with Gasteiger partial charge in [-0.1, -0.05) is 0 Å². The summed E-state index contributed by atoms with van der Waals surface area (Å²) < 4.78 is 0. The second kappa shape index (κ2) is 15.7. The Morgan fingerprint density at radius 3 is 1.12 bits per heavy atom. The minimum absolute atomic E-state index is 0.708. The second-order valence-corrected chi connectivity index (χ2v) is 3.70. The molecule has 0 nitrogen and oxygen atoms in total. The fourth-order valence-electron chi connectivity index (χ4n) is 0. The number of hydrogen-bond acceptors (Lipinski definition) is 2. The van der Waals surface area contributed by atoms with Gasteiger partial charge in [0.25, 0.3) is 0 Å². The predicted octanol–water partition coefficient (Wildman–Crippen LogP) is 3.09. The maximum absolute atomic E-state index is 5.15. The molecule has 0 aliphatic heterocycles. The average molecular weight is 193 g/mol. The molecule has 8 heavy (non-hydrogen) atoms. The standard InChI is InChI=1S/2C2H5ClS/c2*1-4-2-3/h2*2H2,1H3. The molecule has 0 bridgehead atoms. The Labute approximate surface area is 69.7 Å². The van der Waals surface area contributed by atoms with E-state index in [2.05, 4.69) is 0 Å². The second-order valence-electron chi connectivity index (χ2n) is 0.796. The van der Waals surface area contributed by atoms with Gasteiger partial charge in [-0.2, -0.15) is 0 Å². The molecule has 0 spiro atoms. The molecule has 0 unspecified atom stereocenters. The highest BCUT2D eigenvalue weighted by Gasteiger charge is 1.58. The quantitative estimate of drug-likeness (QED) is 0.618. The summed E-state index contributed by atoms with van der Waals surface area (Å²) in [5.74, 6) is 0. The van der Waals surface area contributed by atoms with E-state index in [4.69, 9.17) is 23.2 Å². The van der Waals surface area contributed by atoms with Gasteiger partial charge in [0.15, 0.2) is 0 Å². The predicted molar refractivity (Wildman–Crippen MR) is 48.5 cm³/mol. The minimum atomic E-state index is 0.708. The van der Waals surface area contributed by atoms with E-state index in [1.165, 1.54) is 0 Å². The number of alkyl halides is 2. The molecule has 0 saturated heterocycles. The van der Waals surface area contributed by atoms with Gasteiger partial charge in [0.05, 0.1) is 10.4 Å². The summed E-state index contributed by atoms with van der Waals surface area (Å²) in [5, 5.41) is 1.42. The molecule has 4 heteroatoms. The fraction of sp³-hybridized carbons (Fsp3) is 1.00. The maximum atomic E-state index is 5.15. The first kappa shape index (κ1) is 12.0. The highest BCUT2D eigenvalue weighted by atomic mass is 35.5. The normalized spacial score (nSPS) is 7.50. The molecular formula is C4H10Cl2S2. The molecule has 0 saturated carbocycles. The molecule has 0 radical (unpaired) electrons. The van der Waals surface area contributed by atoms with Crippen LogP contribution in [-0.2, 0) is 0 Å². The Balaban J connectivity index is 0. The number of halogens is 2. The van der Waals surface area contributed by atoms with Crippen LogP contribution in [0.15, 0.2) is 0 Å². The van der Waals surface area contributed by atoms with E-state index < -0.39 is 0 Å². The zero-order chi connectivity index (χ0) is 6.83. The van der Waals surface area contributed by atoms with E-state index in [1.807, 2.05) is 12.5 Å². The molecule has 0 aromatic heterocycles. The smallest absolute Gasteiger partial charge is 0.0677 e. The Bertz CT molecular complexity index is 20.0. The van der Waals surface area contributed by atoms with Crippen LogP contribution in [0.4, 0.5) is 0 Å². The molecule has 0 aromatic carbocycles. The van der Waals surface area contributed by atoms with E-state index >= 15 is 0 Å². The van der Waals surface area contributed by atoms with Crippen molar-refractivity contribution < 1.29 is 0 Å². The number of hydrogen-bond donors (Lipinski definition) is 0. The van der Waals surface area contributed by atoms with Gasteiger partial charge in [-0.05, 0) is 12.5 Å². The summed E-state index contributed by atoms with van der Waals surface area (Å²) >= 11 is 13.5. The molecule has 0 N–H and O–H groups in total. The molecule has 0 atom stereocenters. The largest absolute Gasteiger partial charge is 0.149 e. The van der Waals surface area contributed by atoms with Crippen molar-refractivity contribution in [1.82, 2.24) is 0 Å². The van der Waals surface area contributed by atoms with Crippen molar-refractivity contribution in [1.29, 1.82) is 0 Å². The Morgan fingerprint density at radius 1 is 1.00 bits per heavy atom. The lowest BCUT2D eigenvalue weighted by atomic mass is 11.9. The Hall–Kier alpha value is 1.28. The molecule has 0 aromatic rings. The van der Waals surface area contributed by atoms with Crippen LogP contribution in [0.1, 0.15) is 0 Å². The van der Waals surface area contributed by atoms with E-state index in [0.29, 0.717) is 10.4 Å². The van der Waals surface area contributed by atoms with Gasteiger partial charge in [-0.25, -0.2) is 0 Å². The molecular weight excluding hydrogens is 183 g/mol. The first-order valence-electron chi connectivity index (χ1n) is 1.93. The van der Waals surface area contributed by atoms with Crippen LogP contribution in [0.5, 0.6) is 0 Å². The molecule has 0 rings (SSSR count). The van der Waals surface area contributed by atoms with Crippen LogP contribution in [0.25, 0.3) is 0 Å². The fourth-order valence-corrected chi connectivity index (χ4v) is 0. The summed E-state index contributed by atoms with van der Waals surface area (Å²) in [6.45, 7) is 0. The van der Waals surface area contributed by atoms with Crippen molar-refractivity contribution in [2.75, 3.05) is 22.9 Å². The zero-order valence-electron chi connectivity index (χ0n) is 4.99. The third kappa shape index (κ3) is 26.7. The van der Waals surface area contributed by atoms with E-state index in [-0.39, 0.29) is 0 Å². The van der Waals surface area contributed by atoms with Crippen molar-refractivity contribution in [3.05, 3.63) is 0 Å². The summed E-state index contributed by atoms with van der Waals surface area (Å²) in [7, 11) is 0. The van der Waals surface area contributed by atoms with Crippen molar-refractivity contribution in [2.45, 2.75) is 0 Å². The van der Waals surface area contributed by atoms with E-state index in [9.17, 15) is 0 Å². The van der Waals surface area contributed by atoms with Gasteiger partial charge in [-0.3, -0.25) is 0 Å². The zero-order valence-corrected chi connectivity index (χ0v) is 8.13. The lowest BCUT2D eigenvalue weighted by molar-refractivity contribution is 2.20. The summed E-state index contributed by atoms with van der Waals surface area (Å²) in [6.07, 6.45) is 3.93. The molecule has 0 amide bonds. The number of thioether (sulfide) groups is 2. The Kier molecular flexibility index (Phi) is 23.6. The lowest BCUT2D eigenvalue weighted by Crippen LogP contribution is -1.45. The van der Waals surface area contributed by atoms with Crippen molar-refractivity contribution >= 4 is 46.7 Å². The third-order valence-electron chi connectivity index (χ3n) is 0.218. The summed E-state index contributed by atoms with van der Waals surface area (Å²) in [6, 6.07) is 0. The maximum Gasteiger partial charge on any atom is 0.0677 e. The van der Waals surface area contributed by atoms with E-state index in [1.54, 1.807) is 23.5 Å². The molecule has 0 aliphatic rings. The first-order chi connectivity index (χ1) is 3.83. The van der Waals surface area contributed by atoms with Crippen molar-refractivity contribution in [3.63, 3.8) is 0 Å². The lowest BCUT2D eigenvalue weighted by Gasteiger charge is -1.67. The monoisotopic (exact) mass is 192 g/mol.